The Hall–Kier alpha value is -1.95. The molecule has 0 saturated heterocycles. The second-order valence-electron chi connectivity index (χ2n) is 3.95. The van der Waals surface area contributed by atoms with Crippen molar-refractivity contribution < 1.29 is 13.5 Å². The van der Waals surface area contributed by atoms with Crippen LogP contribution < -0.4 is 5.32 Å². The third kappa shape index (κ3) is 3.75. The van der Waals surface area contributed by atoms with Crippen LogP contribution in [0, 0.1) is 6.92 Å². The number of amides is 1. The highest BCUT2D eigenvalue weighted by Crippen LogP contribution is 2.05. The van der Waals surface area contributed by atoms with E-state index in [0.717, 1.165) is 4.90 Å². The first kappa shape index (κ1) is 13.5. The van der Waals surface area contributed by atoms with E-state index in [1.807, 2.05) is 18.2 Å². The average Bonchev–Trinajstić information content (AvgIpc) is 2.86. The van der Waals surface area contributed by atoms with Gasteiger partial charge in [0.2, 0.25) is 5.76 Å². The van der Waals surface area contributed by atoms with E-state index in [4.69, 9.17) is 4.52 Å². The maximum atomic E-state index is 11.9. The van der Waals surface area contributed by atoms with Gasteiger partial charge in [-0.05, 0) is 19.1 Å². The molecule has 0 unspecified atom stereocenters. The van der Waals surface area contributed by atoms with Crippen LogP contribution in [0.4, 0.5) is 0 Å². The van der Waals surface area contributed by atoms with E-state index in [0.29, 0.717) is 18.0 Å². The Kier molecular flexibility index (Phi) is 4.46. The molecular weight excluding hydrogens is 264 g/mol. The van der Waals surface area contributed by atoms with Crippen LogP contribution in [0.2, 0.25) is 0 Å². The van der Waals surface area contributed by atoms with Gasteiger partial charge in [0.15, 0.2) is 0 Å². The number of hydrogen-bond acceptors (Lipinski definition) is 4. The maximum absolute atomic E-state index is 11.9. The first-order valence-corrected chi connectivity index (χ1v) is 7.13. The number of benzene rings is 1. The van der Waals surface area contributed by atoms with Gasteiger partial charge in [0.25, 0.3) is 5.91 Å². The van der Waals surface area contributed by atoms with Crippen molar-refractivity contribution in [2.24, 2.45) is 0 Å². The summed E-state index contributed by atoms with van der Waals surface area (Å²) in [5.74, 6) is 0.191. The molecule has 2 aromatic rings. The smallest absolute Gasteiger partial charge is 0.289 e. The van der Waals surface area contributed by atoms with Crippen LogP contribution in [0.25, 0.3) is 0 Å². The molecule has 0 bridgehead atoms. The Morgan fingerprint density at radius 3 is 2.74 bits per heavy atom. The van der Waals surface area contributed by atoms with Gasteiger partial charge in [-0.1, -0.05) is 23.4 Å². The van der Waals surface area contributed by atoms with Gasteiger partial charge in [-0.3, -0.25) is 9.00 Å². The van der Waals surface area contributed by atoms with Gasteiger partial charge in [-0.15, -0.1) is 0 Å². The fourth-order valence-corrected chi connectivity index (χ4v) is 2.49. The average molecular weight is 278 g/mol. The summed E-state index contributed by atoms with van der Waals surface area (Å²) in [5.41, 5.74) is 0.651. The van der Waals surface area contributed by atoms with Gasteiger partial charge in [0, 0.05) is 23.3 Å². The van der Waals surface area contributed by atoms with Crippen molar-refractivity contribution in [3.8, 4) is 0 Å². The zero-order valence-electron chi connectivity index (χ0n) is 10.5. The largest absolute Gasteiger partial charge is 0.351 e. The molecule has 0 aliphatic carbocycles. The lowest BCUT2D eigenvalue weighted by atomic mass is 10.4. The molecule has 19 heavy (non-hydrogen) atoms. The summed E-state index contributed by atoms with van der Waals surface area (Å²) in [6, 6.07) is 10.7. The number of rotatable bonds is 5. The molecule has 0 aliphatic heterocycles. The van der Waals surface area contributed by atoms with Gasteiger partial charge in [0.1, 0.15) is 0 Å². The van der Waals surface area contributed by atoms with Crippen molar-refractivity contribution in [1.29, 1.82) is 0 Å². The predicted octanol–water partition coefficient (Wildman–Crippen LogP) is 1.52. The van der Waals surface area contributed by atoms with Crippen molar-refractivity contribution in [1.82, 2.24) is 10.5 Å². The normalized spacial score (nSPS) is 12.1. The van der Waals surface area contributed by atoms with Crippen LogP contribution in [0.5, 0.6) is 0 Å². The van der Waals surface area contributed by atoms with Gasteiger partial charge in [-0.2, -0.15) is 0 Å². The third-order valence-corrected chi connectivity index (χ3v) is 3.80. The van der Waals surface area contributed by atoms with Crippen LogP contribution in [0.1, 0.15) is 16.2 Å². The molecule has 2 rings (SSSR count). The molecule has 1 N–H and O–H groups in total. The number of aryl methyl sites for hydroxylation is 1. The minimum atomic E-state index is -1.11. The van der Waals surface area contributed by atoms with Crippen LogP contribution in [0.3, 0.4) is 0 Å². The summed E-state index contributed by atoms with van der Waals surface area (Å²) >= 11 is 0. The number of carbonyl (C=O) groups is 1. The van der Waals surface area contributed by atoms with Crippen molar-refractivity contribution in [2.75, 3.05) is 12.3 Å². The summed E-state index contributed by atoms with van der Waals surface area (Å²) in [5, 5.41) is 6.28. The zero-order valence-corrected chi connectivity index (χ0v) is 11.3. The Balaban J connectivity index is 1.81. The molecule has 5 nitrogen and oxygen atoms in total. The van der Waals surface area contributed by atoms with Gasteiger partial charge in [-0.25, -0.2) is 0 Å². The van der Waals surface area contributed by atoms with Crippen LogP contribution >= 0.6 is 0 Å². The second-order valence-corrected chi connectivity index (χ2v) is 5.52. The van der Waals surface area contributed by atoms with Crippen molar-refractivity contribution >= 4 is 16.7 Å². The topological polar surface area (TPSA) is 72.2 Å². The Bertz CT molecular complexity index is 581. The molecule has 0 fully saturated rings. The molecule has 0 saturated carbocycles. The van der Waals surface area contributed by atoms with E-state index in [2.05, 4.69) is 10.5 Å². The molecule has 0 radical (unpaired) electrons. The summed E-state index contributed by atoms with van der Waals surface area (Å²) < 4.78 is 16.7. The highest BCUT2D eigenvalue weighted by atomic mass is 32.2. The minimum Gasteiger partial charge on any atom is -0.351 e. The first-order chi connectivity index (χ1) is 9.16. The van der Waals surface area contributed by atoms with Crippen molar-refractivity contribution in [2.45, 2.75) is 11.8 Å². The maximum Gasteiger partial charge on any atom is 0.289 e. The molecular formula is C13H14N2O3S. The highest BCUT2D eigenvalue weighted by molar-refractivity contribution is 7.85. The highest BCUT2D eigenvalue weighted by Gasteiger charge is 2.11. The third-order valence-electron chi connectivity index (χ3n) is 2.43. The lowest BCUT2D eigenvalue weighted by Gasteiger charge is -2.03. The molecule has 1 aromatic heterocycles. The summed E-state index contributed by atoms with van der Waals surface area (Å²) in [6.07, 6.45) is 0. The molecule has 1 amide bonds. The SMILES string of the molecule is Cc1cc(C(=O)NCC[S@@](=O)c2ccccc2)on1. The van der Waals surface area contributed by atoms with E-state index >= 15 is 0 Å². The second kappa shape index (κ2) is 6.29. The number of nitrogens with zero attached hydrogens (tertiary/aromatic N) is 1. The fourth-order valence-electron chi connectivity index (χ4n) is 1.51. The van der Waals surface area contributed by atoms with Crippen LogP contribution in [-0.2, 0) is 10.8 Å². The summed E-state index contributed by atoms with van der Waals surface area (Å²) in [7, 11) is -1.11. The Labute approximate surface area is 113 Å². The van der Waals surface area contributed by atoms with E-state index in [1.54, 1.807) is 25.1 Å². The number of aromatic nitrogens is 1. The van der Waals surface area contributed by atoms with Gasteiger partial charge in [0.05, 0.1) is 16.5 Å². The molecule has 6 heteroatoms. The van der Waals surface area contributed by atoms with Gasteiger partial charge < -0.3 is 9.84 Å². The number of carbonyl (C=O) groups excluding carboxylic acids is 1. The molecule has 0 aliphatic rings. The van der Waals surface area contributed by atoms with Gasteiger partial charge >= 0.3 is 0 Å². The van der Waals surface area contributed by atoms with Crippen LogP contribution in [-0.4, -0.2) is 27.6 Å². The fraction of sp³-hybridized carbons (Fsp3) is 0.231. The first-order valence-electron chi connectivity index (χ1n) is 5.82. The standard InChI is InChI=1S/C13H14N2O3S/c1-10-9-12(18-15-10)13(16)14-7-8-19(17)11-5-3-2-4-6-11/h2-6,9H,7-8H2,1H3,(H,14,16)/t19-/m1/s1. The minimum absolute atomic E-state index is 0.169. The molecule has 1 heterocycles. The Morgan fingerprint density at radius 1 is 1.37 bits per heavy atom. The molecule has 100 valence electrons. The summed E-state index contributed by atoms with van der Waals surface area (Å²) in [6.45, 7) is 2.06. The molecule has 1 aromatic carbocycles. The predicted molar refractivity (Wildman–Crippen MR) is 71.3 cm³/mol. The summed E-state index contributed by atoms with van der Waals surface area (Å²) in [4.78, 5) is 12.4. The van der Waals surface area contributed by atoms with E-state index in [1.165, 1.54) is 0 Å². The molecule has 1 atom stereocenters. The quantitative estimate of drug-likeness (QED) is 0.900. The van der Waals surface area contributed by atoms with Crippen LogP contribution in [0.15, 0.2) is 45.8 Å². The lowest BCUT2D eigenvalue weighted by molar-refractivity contribution is 0.0919. The van der Waals surface area contributed by atoms with Crippen molar-refractivity contribution in [3.05, 3.63) is 47.9 Å². The van der Waals surface area contributed by atoms with E-state index in [9.17, 15) is 9.00 Å². The monoisotopic (exact) mass is 278 g/mol. The Morgan fingerprint density at radius 2 is 2.11 bits per heavy atom. The van der Waals surface area contributed by atoms with E-state index in [-0.39, 0.29) is 11.7 Å². The van der Waals surface area contributed by atoms with Crippen molar-refractivity contribution in [3.63, 3.8) is 0 Å². The molecule has 0 spiro atoms. The lowest BCUT2D eigenvalue weighted by Crippen LogP contribution is -2.27. The number of nitrogens with one attached hydrogen (secondary N) is 1. The van der Waals surface area contributed by atoms with E-state index < -0.39 is 10.8 Å². The zero-order chi connectivity index (χ0) is 13.7. The number of hydrogen-bond donors (Lipinski definition) is 1.